The third-order valence-electron chi connectivity index (χ3n) is 4.01. The molecule has 0 aromatic carbocycles. The Hall–Kier alpha value is -0.240. The first-order valence-corrected chi connectivity index (χ1v) is 8.32. The summed E-state index contributed by atoms with van der Waals surface area (Å²) in [4.78, 5) is 2.63. The largest absolute Gasteiger partial charge is 0.317 e. The van der Waals surface area contributed by atoms with E-state index in [2.05, 4.69) is 31.5 Å². The summed E-state index contributed by atoms with van der Waals surface area (Å²) in [6.45, 7) is 11.6. The molecule has 20 heavy (non-hydrogen) atoms. The van der Waals surface area contributed by atoms with E-state index in [1.807, 2.05) is 0 Å². The van der Waals surface area contributed by atoms with Gasteiger partial charge in [0.25, 0.3) is 0 Å². The summed E-state index contributed by atoms with van der Waals surface area (Å²) in [6, 6.07) is 0. The van der Waals surface area contributed by atoms with Gasteiger partial charge < -0.3 is 15.5 Å². The first-order chi connectivity index (χ1) is 9.95. The van der Waals surface area contributed by atoms with Gasteiger partial charge in [-0.25, -0.2) is 10.4 Å². The second-order valence-corrected chi connectivity index (χ2v) is 5.78. The highest BCUT2D eigenvalue weighted by atomic mass is 15.7. The molecule has 2 aliphatic rings. The Kier molecular flexibility index (Phi) is 8.46. The molecule has 2 aliphatic heterocycles. The number of hydrazine groups is 2. The molecule has 118 valence electrons. The Bertz CT molecular complexity index is 220. The molecule has 0 bridgehead atoms. The second kappa shape index (κ2) is 10.5. The zero-order chi connectivity index (χ0) is 13.9. The van der Waals surface area contributed by atoms with Crippen LogP contribution in [0.25, 0.3) is 0 Å². The van der Waals surface area contributed by atoms with Gasteiger partial charge in [-0.3, -0.25) is 0 Å². The lowest BCUT2D eigenvalue weighted by atomic mass is 10.2. The van der Waals surface area contributed by atoms with E-state index in [-0.39, 0.29) is 0 Å². The van der Waals surface area contributed by atoms with Crippen LogP contribution in [0.1, 0.15) is 25.7 Å². The fourth-order valence-electron chi connectivity index (χ4n) is 2.85. The van der Waals surface area contributed by atoms with Crippen molar-refractivity contribution >= 4 is 0 Å². The van der Waals surface area contributed by atoms with E-state index < -0.39 is 0 Å². The Balaban J connectivity index is 1.60. The average molecular weight is 284 g/mol. The van der Waals surface area contributed by atoms with Crippen LogP contribution in [-0.2, 0) is 0 Å². The summed E-state index contributed by atoms with van der Waals surface area (Å²) in [5.74, 6) is 0. The summed E-state index contributed by atoms with van der Waals surface area (Å²) >= 11 is 0. The van der Waals surface area contributed by atoms with Crippen LogP contribution in [0, 0.1) is 0 Å². The van der Waals surface area contributed by atoms with E-state index in [1.165, 1.54) is 45.3 Å². The van der Waals surface area contributed by atoms with Crippen molar-refractivity contribution in [1.82, 2.24) is 31.5 Å². The van der Waals surface area contributed by atoms with Crippen LogP contribution in [0.15, 0.2) is 0 Å². The summed E-state index contributed by atoms with van der Waals surface area (Å²) in [7, 11) is 0. The maximum atomic E-state index is 3.53. The summed E-state index contributed by atoms with van der Waals surface area (Å²) < 4.78 is 0. The topological polar surface area (TPSA) is 54.6 Å². The highest BCUT2D eigenvalue weighted by Crippen LogP contribution is 1.99. The van der Waals surface area contributed by atoms with Crippen LogP contribution in [0.4, 0.5) is 0 Å². The van der Waals surface area contributed by atoms with Crippen molar-refractivity contribution < 1.29 is 0 Å². The van der Waals surface area contributed by atoms with Gasteiger partial charge >= 0.3 is 0 Å². The van der Waals surface area contributed by atoms with Crippen molar-refractivity contribution in [3.63, 3.8) is 0 Å². The summed E-state index contributed by atoms with van der Waals surface area (Å²) in [5.41, 5.74) is 6.35. The molecular formula is C14H32N6. The first-order valence-electron chi connectivity index (χ1n) is 8.32. The average Bonchev–Trinajstić information content (AvgIpc) is 2.94. The van der Waals surface area contributed by atoms with Crippen LogP contribution in [0.3, 0.4) is 0 Å². The molecule has 4 N–H and O–H groups in total. The van der Waals surface area contributed by atoms with Crippen LogP contribution < -0.4 is 21.6 Å². The molecule has 0 spiro atoms. The Morgan fingerprint density at radius 2 is 1.40 bits per heavy atom. The van der Waals surface area contributed by atoms with E-state index in [1.54, 1.807) is 0 Å². The molecule has 6 nitrogen and oxygen atoms in total. The summed E-state index contributed by atoms with van der Waals surface area (Å²) in [5, 5.41) is 9.34. The second-order valence-electron chi connectivity index (χ2n) is 5.78. The lowest BCUT2D eigenvalue weighted by Crippen LogP contribution is -2.38. The molecule has 2 heterocycles. The predicted molar refractivity (Wildman–Crippen MR) is 83.4 cm³/mol. The van der Waals surface area contributed by atoms with Crippen LogP contribution in [0.2, 0.25) is 0 Å². The molecular weight excluding hydrogens is 252 g/mol. The lowest BCUT2D eigenvalue weighted by molar-refractivity contribution is 0.200. The Morgan fingerprint density at radius 1 is 0.700 bits per heavy atom. The van der Waals surface area contributed by atoms with Crippen LogP contribution >= 0.6 is 0 Å². The minimum atomic E-state index is 1.06. The lowest BCUT2D eigenvalue weighted by Gasteiger charge is -2.24. The zero-order valence-corrected chi connectivity index (χ0v) is 12.8. The zero-order valence-electron chi connectivity index (χ0n) is 12.8. The predicted octanol–water partition coefficient (Wildman–Crippen LogP) is -0.634. The highest BCUT2D eigenvalue weighted by molar-refractivity contribution is 4.65. The van der Waals surface area contributed by atoms with Gasteiger partial charge in [-0.1, -0.05) is 0 Å². The van der Waals surface area contributed by atoms with Crippen molar-refractivity contribution in [3.8, 4) is 0 Å². The van der Waals surface area contributed by atoms with Gasteiger partial charge in [-0.05, 0) is 71.5 Å². The minimum absolute atomic E-state index is 1.06. The van der Waals surface area contributed by atoms with Gasteiger partial charge in [0.05, 0.1) is 0 Å². The molecule has 0 saturated carbocycles. The van der Waals surface area contributed by atoms with Crippen molar-refractivity contribution in [2.75, 3.05) is 65.4 Å². The van der Waals surface area contributed by atoms with Gasteiger partial charge in [-0.15, -0.1) is 0 Å². The highest BCUT2D eigenvalue weighted by Gasteiger charge is 2.11. The van der Waals surface area contributed by atoms with Gasteiger partial charge in [0.15, 0.2) is 0 Å². The Labute approximate surface area is 123 Å². The van der Waals surface area contributed by atoms with Crippen molar-refractivity contribution in [1.29, 1.82) is 0 Å². The normalized spacial score (nSPS) is 25.2. The van der Waals surface area contributed by atoms with Crippen LogP contribution in [0.5, 0.6) is 0 Å². The van der Waals surface area contributed by atoms with E-state index >= 15 is 0 Å². The van der Waals surface area contributed by atoms with Gasteiger partial charge in [0.2, 0.25) is 0 Å². The smallest absolute Gasteiger partial charge is 0.0284 e. The monoisotopic (exact) mass is 284 g/mol. The quantitative estimate of drug-likeness (QED) is 0.551. The maximum Gasteiger partial charge on any atom is 0.0284 e. The molecule has 0 aliphatic carbocycles. The van der Waals surface area contributed by atoms with Crippen molar-refractivity contribution in [3.05, 3.63) is 0 Å². The first kappa shape index (κ1) is 16.1. The standard InChI is InChI=1S/C14H32N6/c1-5-15-7-2-10-19(11-3-8-16-6-1)12-4-13-20-14-9-17-18-20/h15-18H,1-14H2. The molecule has 0 aromatic rings. The molecule has 2 fully saturated rings. The Morgan fingerprint density at radius 3 is 2.05 bits per heavy atom. The fourth-order valence-corrected chi connectivity index (χ4v) is 2.85. The van der Waals surface area contributed by atoms with E-state index in [0.29, 0.717) is 0 Å². The molecule has 6 heteroatoms. The van der Waals surface area contributed by atoms with Gasteiger partial charge in [-0.2, -0.15) is 5.53 Å². The molecule has 2 rings (SSSR count). The number of hydrogen-bond donors (Lipinski definition) is 4. The molecule has 2 saturated heterocycles. The number of nitrogens with one attached hydrogen (secondary N) is 4. The SMILES string of the molecule is C1CNCCCN(CCCN2CCNN2)CCCNC1. The molecule has 0 amide bonds. The minimum Gasteiger partial charge on any atom is -0.317 e. The number of hydrogen-bond acceptors (Lipinski definition) is 6. The summed E-state index contributed by atoms with van der Waals surface area (Å²) in [6.07, 6.45) is 5.05. The van der Waals surface area contributed by atoms with E-state index in [0.717, 1.165) is 45.8 Å². The third-order valence-corrected chi connectivity index (χ3v) is 4.01. The van der Waals surface area contributed by atoms with E-state index in [9.17, 15) is 0 Å². The maximum absolute atomic E-state index is 3.53. The van der Waals surface area contributed by atoms with Crippen molar-refractivity contribution in [2.45, 2.75) is 25.7 Å². The fraction of sp³-hybridized carbons (Fsp3) is 1.00. The van der Waals surface area contributed by atoms with Gasteiger partial charge in [0.1, 0.15) is 0 Å². The van der Waals surface area contributed by atoms with Crippen LogP contribution in [-0.4, -0.2) is 75.4 Å². The third kappa shape index (κ3) is 6.97. The molecule has 0 atom stereocenters. The number of rotatable bonds is 4. The van der Waals surface area contributed by atoms with Gasteiger partial charge in [0, 0.05) is 19.6 Å². The van der Waals surface area contributed by atoms with E-state index in [4.69, 9.17) is 0 Å². The molecule has 0 unspecified atom stereocenters. The van der Waals surface area contributed by atoms with Crippen molar-refractivity contribution in [2.24, 2.45) is 0 Å². The molecule has 0 radical (unpaired) electrons. The molecule has 0 aromatic heterocycles. The number of nitrogens with zero attached hydrogens (tertiary/aromatic N) is 2.